The first-order chi connectivity index (χ1) is 12.8. The Morgan fingerprint density at radius 2 is 2.00 bits per heavy atom. The number of hydrogen-bond donors (Lipinski definition) is 0. The summed E-state index contributed by atoms with van der Waals surface area (Å²) in [6, 6.07) is 8.62. The van der Waals surface area contributed by atoms with Gasteiger partial charge in [-0.3, -0.25) is 4.90 Å². The van der Waals surface area contributed by atoms with Gasteiger partial charge in [0, 0.05) is 18.5 Å². The number of benzene rings is 1. The monoisotopic (exact) mass is 368 g/mol. The molecule has 0 saturated carbocycles. The normalized spacial score (nSPS) is 25.9. The van der Waals surface area contributed by atoms with E-state index in [-0.39, 0.29) is 6.09 Å². The van der Waals surface area contributed by atoms with Gasteiger partial charge in [-0.05, 0) is 57.1 Å². The van der Waals surface area contributed by atoms with Crippen molar-refractivity contribution in [1.29, 1.82) is 0 Å². The molecule has 27 heavy (non-hydrogen) atoms. The Morgan fingerprint density at radius 1 is 1.26 bits per heavy atom. The van der Waals surface area contributed by atoms with Gasteiger partial charge in [0.2, 0.25) is 0 Å². The zero-order valence-electron chi connectivity index (χ0n) is 17.3. The topological polar surface area (TPSA) is 34.5 Å². The van der Waals surface area contributed by atoms with Gasteiger partial charge in [-0.15, -0.1) is 0 Å². The van der Waals surface area contributed by atoms with Crippen molar-refractivity contribution in [2.24, 2.45) is 11.8 Å². The number of nitrogens with zero attached hydrogens (tertiary/aromatic N) is 2. The second kappa shape index (κ2) is 6.66. The van der Waals surface area contributed by atoms with Crippen LogP contribution in [0.1, 0.15) is 64.8 Å². The quantitative estimate of drug-likeness (QED) is 0.677. The van der Waals surface area contributed by atoms with Crippen molar-refractivity contribution >= 4 is 17.0 Å². The summed E-state index contributed by atoms with van der Waals surface area (Å²) in [4.78, 5) is 15.8. The summed E-state index contributed by atoms with van der Waals surface area (Å²) in [7, 11) is 0. The fourth-order valence-electron chi connectivity index (χ4n) is 5.06. The first-order valence-electron chi connectivity index (χ1n) is 10.4. The van der Waals surface area contributed by atoms with Gasteiger partial charge >= 0.3 is 6.09 Å². The summed E-state index contributed by atoms with van der Waals surface area (Å²) >= 11 is 0. The van der Waals surface area contributed by atoms with Crippen LogP contribution in [-0.2, 0) is 11.2 Å². The molecule has 2 aliphatic heterocycles. The van der Waals surface area contributed by atoms with Crippen molar-refractivity contribution in [2.45, 2.75) is 65.5 Å². The number of piperidine rings is 1. The number of para-hydroxylation sites is 1. The van der Waals surface area contributed by atoms with E-state index in [1.807, 2.05) is 31.4 Å². The summed E-state index contributed by atoms with van der Waals surface area (Å²) in [5.74, 6) is 1.43. The Bertz CT molecular complexity index is 861. The highest BCUT2D eigenvalue weighted by Gasteiger charge is 2.40. The minimum absolute atomic E-state index is 0.243. The Labute approximate surface area is 162 Å². The highest BCUT2D eigenvalue weighted by molar-refractivity contribution is 5.94. The first-order valence-corrected chi connectivity index (χ1v) is 10.4. The highest BCUT2D eigenvalue weighted by atomic mass is 16.6. The highest BCUT2D eigenvalue weighted by Crippen LogP contribution is 2.45. The zero-order chi connectivity index (χ0) is 19.3. The maximum atomic E-state index is 13.2. The predicted octanol–water partition coefficient (Wildman–Crippen LogP) is 5.39. The van der Waals surface area contributed by atoms with Crippen molar-refractivity contribution in [3.05, 3.63) is 35.5 Å². The number of aromatic nitrogens is 1. The summed E-state index contributed by atoms with van der Waals surface area (Å²) in [5, 5.41) is 1.21. The van der Waals surface area contributed by atoms with Crippen LogP contribution in [0.25, 0.3) is 10.9 Å². The molecule has 1 fully saturated rings. The number of ether oxygens (including phenoxy) is 1. The maximum absolute atomic E-state index is 13.2. The lowest BCUT2D eigenvalue weighted by Crippen LogP contribution is -2.46. The van der Waals surface area contributed by atoms with Crippen LogP contribution < -0.4 is 0 Å². The summed E-state index contributed by atoms with van der Waals surface area (Å²) in [6.07, 6.45) is 3.11. The number of rotatable bonds is 1. The molecule has 0 N–H and O–H groups in total. The minimum Gasteiger partial charge on any atom is -0.443 e. The first kappa shape index (κ1) is 18.5. The molecule has 0 bridgehead atoms. The Morgan fingerprint density at radius 3 is 2.70 bits per heavy atom. The molecule has 2 aliphatic rings. The molecule has 4 heteroatoms. The van der Waals surface area contributed by atoms with Gasteiger partial charge in [-0.1, -0.05) is 38.5 Å². The van der Waals surface area contributed by atoms with Gasteiger partial charge < -0.3 is 4.74 Å². The fourth-order valence-corrected chi connectivity index (χ4v) is 5.06. The summed E-state index contributed by atoms with van der Waals surface area (Å²) in [6.45, 7) is 12.7. The molecular formula is C23H32N2O2. The molecule has 2 aromatic rings. The van der Waals surface area contributed by atoms with E-state index < -0.39 is 5.60 Å². The van der Waals surface area contributed by atoms with Gasteiger partial charge in [-0.25, -0.2) is 9.36 Å². The lowest BCUT2D eigenvalue weighted by molar-refractivity contribution is 0.0428. The molecule has 1 saturated heterocycles. The average molecular weight is 369 g/mol. The third-order valence-corrected chi connectivity index (χ3v) is 6.39. The van der Waals surface area contributed by atoms with Crippen molar-refractivity contribution in [3.63, 3.8) is 0 Å². The second-order valence-corrected chi connectivity index (χ2v) is 9.34. The average Bonchev–Trinajstić information content (AvgIpc) is 2.95. The standard InChI is InChI=1S/C23H32N2O2/c1-6-16-14-24-12-11-18-17-9-7-8-10-19(17)25(22(26)27-23(3,4)5)21(18)20(24)13-15(16)2/h7-10,15-16,20H,6,11-14H2,1-5H3/t15-,16+,20+/m1/s1. The number of carbonyl (C=O) groups is 1. The molecule has 1 aromatic carbocycles. The number of hydrogen-bond acceptors (Lipinski definition) is 3. The molecule has 0 amide bonds. The molecule has 1 aromatic heterocycles. The minimum atomic E-state index is -0.503. The van der Waals surface area contributed by atoms with Gasteiger partial charge in [0.25, 0.3) is 0 Å². The van der Waals surface area contributed by atoms with Gasteiger partial charge in [-0.2, -0.15) is 0 Å². The maximum Gasteiger partial charge on any atom is 0.419 e. The zero-order valence-corrected chi connectivity index (χ0v) is 17.3. The molecule has 4 rings (SSSR count). The van der Waals surface area contributed by atoms with E-state index in [0.717, 1.165) is 37.4 Å². The van der Waals surface area contributed by atoms with Crippen molar-refractivity contribution < 1.29 is 9.53 Å². The SMILES string of the molecule is CC[C@H]1CN2CCc3c(n(C(=O)OC(C)(C)C)c4ccccc34)[C@@H]2C[C@H]1C. The Balaban J connectivity index is 1.85. The molecule has 3 atom stereocenters. The van der Waals surface area contributed by atoms with Crippen LogP contribution in [0.15, 0.2) is 24.3 Å². The molecule has 0 radical (unpaired) electrons. The van der Waals surface area contributed by atoms with Gasteiger partial charge in [0.15, 0.2) is 0 Å². The molecule has 3 heterocycles. The lowest BCUT2D eigenvalue weighted by Gasteiger charge is -2.46. The van der Waals surface area contributed by atoms with Crippen molar-refractivity contribution in [2.75, 3.05) is 13.1 Å². The van der Waals surface area contributed by atoms with Crippen LogP contribution >= 0.6 is 0 Å². The van der Waals surface area contributed by atoms with Crippen LogP contribution in [0.5, 0.6) is 0 Å². The van der Waals surface area contributed by atoms with E-state index >= 15 is 0 Å². The largest absolute Gasteiger partial charge is 0.443 e. The molecular weight excluding hydrogens is 336 g/mol. The van der Waals surface area contributed by atoms with E-state index in [1.165, 1.54) is 23.1 Å². The molecule has 146 valence electrons. The van der Waals surface area contributed by atoms with Crippen LogP contribution in [0, 0.1) is 11.8 Å². The van der Waals surface area contributed by atoms with Crippen LogP contribution in [0.3, 0.4) is 0 Å². The lowest BCUT2D eigenvalue weighted by atomic mass is 9.78. The molecule has 0 unspecified atom stereocenters. The molecule has 4 nitrogen and oxygen atoms in total. The smallest absolute Gasteiger partial charge is 0.419 e. The molecule has 0 spiro atoms. The van der Waals surface area contributed by atoms with Crippen LogP contribution in [0.4, 0.5) is 4.79 Å². The fraction of sp³-hybridized carbons (Fsp3) is 0.609. The van der Waals surface area contributed by atoms with E-state index in [4.69, 9.17) is 4.74 Å². The van der Waals surface area contributed by atoms with Gasteiger partial charge in [0.05, 0.1) is 17.3 Å². The van der Waals surface area contributed by atoms with E-state index in [0.29, 0.717) is 12.0 Å². The molecule has 0 aliphatic carbocycles. The second-order valence-electron chi connectivity index (χ2n) is 9.34. The Kier molecular flexibility index (Phi) is 4.58. The summed E-state index contributed by atoms with van der Waals surface area (Å²) < 4.78 is 7.69. The van der Waals surface area contributed by atoms with E-state index in [9.17, 15) is 4.79 Å². The third kappa shape index (κ3) is 3.18. The van der Waals surface area contributed by atoms with Crippen LogP contribution in [-0.4, -0.2) is 34.3 Å². The van der Waals surface area contributed by atoms with Crippen molar-refractivity contribution in [1.82, 2.24) is 9.47 Å². The Hall–Kier alpha value is -1.81. The predicted molar refractivity (Wildman–Crippen MR) is 109 cm³/mol. The number of carbonyl (C=O) groups excluding carboxylic acids is 1. The van der Waals surface area contributed by atoms with E-state index in [1.54, 1.807) is 0 Å². The van der Waals surface area contributed by atoms with Gasteiger partial charge in [0.1, 0.15) is 5.60 Å². The van der Waals surface area contributed by atoms with Crippen molar-refractivity contribution in [3.8, 4) is 0 Å². The van der Waals surface area contributed by atoms with E-state index in [2.05, 4.69) is 36.9 Å². The van der Waals surface area contributed by atoms with Crippen LogP contribution in [0.2, 0.25) is 0 Å². The third-order valence-electron chi connectivity index (χ3n) is 6.39. The summed E-state index contributed by atoms with van der Waals surface area (Å²) in [5.41, 5.74) is 3.01. The number of fused-ring (bicyclic) bond motifs is 5.